The summed E-state index contributed by atoms with van der Waals surface area (Å²) in [7, 11) is -4.87. The van der Waals surface area contributed by atoms with Crippen molar-refractivity contribution in [1.29, 1.82) is 0 Å². The van der Waals surface area contributed by atoms with Crippen molar-refractivity contribution in [3.8, 4) is 16.9 Å². The van der Waals surface area contributed by atoms with E-state index in [0.717, 1.165) is 0 Å². The molecule has 8 heteroatoms. The molecule has 2 rings (SSSR count). The molecule has 0 bridgehead atoms. The van der Waals surface area contributed by atoms with Gasteiger partial charge in [0.15, 0.2) is 5.75 Å². The summed E-state index contributed by atoms with van der Waals surface area (Å²) in [4.78, 5) is 11.2. The maximum atomic E-state index is 11.2. The summed E-state index contributed by atoms with van der Waals surface area (Å²) < 4.78 is 35.1. The van der Waals surface area contributed by atoms with Gasteiger partial charge in [0.2, 0.25) is 0 Å². The largest absolute Gasteiger partial charge is 0.478 e. The van der Waals surface area contributed by atoms with Crippen molar-refractivity contribution in [2.75, 3.05) is 5.73 Å². The lowest BCUT2D eigenvalue weighted by molar-refractivity contribution is 0.0695. The first-order chi connectivity index (χ1) is 9.78. The minimum absolute atomic E-state index is 0.180. The molecule has 0 saturated carbocycles. The number of rotatable bonds is 4. The zero-order chi connectivity index (χ0) is 15.6. The Morgan fingerprint density at radius 3 is 2.38 bits per heavy atom. The van der Waals surface area contributed by atoms with Crippen molar-refractivity contribution in [2.45, 2.75) is 0 Å². The van der Waals surface area contributed by atoms with Crippen LogP contribution in [-0.2, 0) is 10.4 Å². The first-order valence-corrected chi connectivity index (χ1v) is 7.03. The smallest absolute Gasteiger partial charge is 0.446 e. The van der Waals surface area contributed by atoms with Gasteiger partial charge in [0.1, 0.15) is 5.56 Å². The van der Waals surface area contributed by atoms with Crippen LogP contribution in [0.1, 0.15) is 10.4 Å². The summed E-state index contributed by atoms with van der Waals surface area (Å²) in [5.41, 5.74) is 6.29. The molecule has 0 amide bonds. The third-order valence-electron chi connectivity index (χ3n) is 2.63. The van der Waals surface area contributed by atoms with E-state index in [-0.39, 0.29) is 5.56 Å². The molecule has 0 aliphatic rings. The molecule has 4 N–H and O–H groups in total. The number of para-hydroxylation sites is 1. The second kappa shape index (κ2) is 5.43. The molecular formula is C13H11NO6S. The fourth-order valence-electron chi connectivity index (χ4n) is 1.83. The van der Waals surface area contributed by atoms with Crippen molar-refractivity contribution in [3.63, 3.8) is 0 Å². The Morgan fingerprint density at radius 1 is 1.14 bits per heavy atom. The van der Waals surface area contributed by atoms with E-state index in [4.69, 9.17) is 15.4 Å². The van der Waals surface area contributed by atoms with Crippen LogP contribution >= 0.6 is 0 Å². The molecule has 0 atom stereocenters. The van der Waals surface area contributed by atoms with Crippen molar-refractivity contribution in [1.82, 2.24) is 0 Å². The van der Waals surface area contributed by atoms with Crippen molar-refractivity contribution in [2.24, 2.45) is 0 Å². The van der Waals surface area contributed by atoms with Gasteiger partial charge in [-0.3, -0.25) is 4.55 Å². The summed E-state index contributed by atoms with van der Waals surface area (Å²) >= 11 is 0. The van der Waals surface area contributed by atoms with Crippen LogP contribution in [0, 0.1) is 0 Å². The fraction of sp³-hybridized carbons (Fsp3) is 0. The zero-order valence-electron chi connectivity index (χ0n) is 10.6. The van der Waals surface area contributed by atoms with Crippen LogP contribution in [0.4, 0.5) is 5.69 Å². The molecule has 0 fully saturated rings. The van der Waals surface area contributed by atoms with E-state index >= 15 is 0 Å². The summed E-state index contributed by atoms with van der Waals surface area (Å²) in [6.07, 6.45) is 0. The Hall–Kier alpha value is -2.58. The highest BCUT2D eigenvalue weighted by Crippen LogP contribution is 2.34. The average molecular weight is 309 g/mol. The van der Waals surface area contributed by atoms with Gasteiger partial charge in [-0.15, -0.1) is 0 Å². The number of benzene rings is 2. The molecule has 0 spiro atoms. The molecule has 0 heterocycles. The summed E-state index contributed by atoms with van der Waals surface area (Å²) in [6.45, 7) is 0. The second-order valence-corrected chi connectivity index (χ2v) is 5.15. The molecule has 0 saturated heterocycles. The fourth-order valence-corrected chi connectivity index (χ4v) is 2.22. The van der Waals surface area contributed by atoms with Gasteiger partial charge in [-0.1, -0.05) is 24.3 Å². The summed E-state index contributed by atoms with van der Waals surface area (Å²) in [5.74, 6) is -1.86. The molecule has 2 aromatic rings. The minimum Gasteiger partial charge on any atom is -0.478 e. The number of carboxylic acid groups (broad SMARTS) is 1. The Kier molecular flexibility index (Phi) is 3.83. The van der Waals surface area contributed by atoms with Gasteiger partial charge >= 0.3 is 16.4 Å². The molecule has 0 radical (unpaired) electrons. The standard InChI is InChI=1S/C13H11NO6S/c14-9-4-1-3-8(7-9)10-5-2-6-11(13(15)16)12(10)20-21(17,18)19/h1-7H,14H2,(H,15,16)(H,17,18,19). The number of nitrogen functional groups attached to an aromatic ring is 1. The number of carboxylic acids is 1. The van der Waals surface area contributed by atoms with E-state index < -0.39 is 27.7 Å². The van der Waals surface area contributed by atoms with Crippen molar-refractivity contribution >= 4 is 22.1 Å². The average Bonchev–Trinajstić information content (AvgIpc) is 2.36. The second-order valence-electron chi connectivity index (χ2n) is 4.12. The first-order valence-electron chi connectivity index (χ1n) is 5.67. The topological polar surface area (TPSA) is 127 Å². The van der Waals surface area contributed by atoms with Crippen LogP contribution in [0.2, 0.25) is 0 Å². The Bertz CT molecular complexity index is 800. The Balaban J connectivity index is 2.71. The Morgan fingerprint density at radius 2 is 1.81 bits per heavy atom. The first kappa shape index (κ1) is 14.8. The molecule has 21 heavy (non-hydrogen) atoms. The normalized spacial score (nSPS) is 11.1. The zero-order valence-corrected chi connectivity index (χ0v) is 11.4. The maximum Gasteiger partial charge on any atom is 0.446 e. The molecule has 2 aromatic carbocycles. The summed E-state index contributed by atoms with van der Waals surface area (Å²) in [5, 5.41) is 9.11. The third-order valence-corrected chi connectivity index (χ3v) is 3.01. The lowest BCUT2D eigenvalue weighted by Crippen LogP contribution is -2.11. The monoisotopic (exact) mass is 309 g/mol. The van der Waals surface area contributed by atoms with Crippen LogP contribution in [0.15, 0.2) is 42.5 Å². The van der Waals surface area contributed by atoms with E-state index in [0.29, 0.717) is 11.3 Å². The predicted octanol–water partition coefficient (Wildman–Crippen LogP) is 1.82. The molecule has 0 unspecified atom stereocenters. The molecule has 0 aliphatic heterocycles. The maximum absolute atomic E-state index is 11.2. The number of nitrogens with two attached hydrogens (primary N) is 1. The van der Waals surface area contributed by atoms with Crippen LogP contribution in [0.25, 0.3) is 11.1 Å². The Labute approximate surface area is 120 Å². The van der Waals surface area contributed by atoms with Gasteiger partial charge in [0.05, 0.1) is 0 Å². The van der Waals surface area contributed by atoms with Crippen LogP contribution in [0.5, 0.6) is 5.75 Å². The van der Waals surface area contributed by atoms with Gasteiger partial charge in [-0.05, 0) is 23.8 Å². The van der Waals surface area contributed by atoms with E-state index in [2.05, 4.69) is 4.18 Å². The van der Waals surface area contributed by atoms with Crippen LogP contribution < -0.4 is 9.92 Å². The minimum atomic E-state index is -4.87. The molecule has 0 aliphatic carbocycles. The van der Waals surface area contributed by atoms with Crippen molar-refractivity contribution < 1.29 is 27.1 Å². The highest BCUT2D eigenvalue weighted by molar-refractivity contribution is 7.81. The van der Waals surface area contributed by atoms with Gasteiger partial charge in [0, 0.05) is 11.3 Å². The molecule has 110 valence electrons. The van der Waals surface area contributed by atoms with E-state index in [1.54, 1.807) is 18.2 Å². The predicted molar refractivity (Wildman–Crippen MR) is 75.4 cm³/mol. The molecule has 0 aromatic heterocycles. The van der Waals surface area contributed by atoms with E-state index in [1.807, 2.05) is 0 Å². The van der Waals surface area contributed by atoms with Crippen molar-refractivity contribution in [3.05, 3.63) is 48.0 Å². The number of carbonyl (C=O) groups is 1. The summed E-state index contributed by atoms with van der Waals surface area (Å²) in [6, 6.07) is 10.4. The lowest BCUT2D eigenvalue weighted by atomic mass is 10.0. The number of anilines is 1. The van der Waals surface area contributed by atoms with E-state index in [9.17, 15) is 13.2 Å². The number of hydrogen-bond acceptors (Lipinski definition) is 5. The van der Waals surface area contributed by atoms with E-state index in [1.165, 1.54) is 24.3 Å². The molecular weight excluding hydrogens is 298 g/mol. The SMILES string of the molecule is Nc1cccc(-c2cccc(C(=O)O)c2OS(=O)(=O)O)c1. The molecule has 7 nitrogen and oxygen atoms in total. The number of aromatic carboxylic acids is 1. The van der Waals surface area contributed by atoms with Gasteiger partial charge in [0.25, 0.3) is 0 Å². The lowest BCUT2D eigenvalue weighted by Gasteiger charge is -2.12. The van der Waals surface area contributed by atoms with Gasteiger partial charge in [-0.25, -0.2) is 4.79 Å². The van der Waals surface area contributed by atoms with Gasteiger partial charge in [-0.2, -0.15) is 8.42 Å². The van der Waals surface area contributed by atoms with Gasteiger partial charge < -0.3 is 15.0 Å². The number of hydrogen-bond donors (Lipinski definition) is 3. The quantitative estimate of drug-likeness (QED) is 0.580. The van der Waals surface area contributed by atoms with Crippen LogP contribution in [-0.4, -0.2) is 24.0 Å². The van der Waals surface area contributed by atoms with Crippen LogP contribution in [0.3, 0.4) is 0 Å². The highest BCUT2D eigenvalue weighted by atomic mass is 32.3. The third kappa shape index (κ3) is 3.50. The highest BCUT2D eigenvalue weighted by Gasteiger charge is 2.21.